The number of hydrogen-bond donors (Lipinski definition) is 1. The van der Waals surface area contributed by atoms with Crippen LogP contribution in [0.1, 0.15) is 53.9 Å². The van der Waals surface area contributed by atoms with Crippen molar-refractivity contribution in [3.05, 3.63) is 0 Å². The third-order valence-corrected chi connectivity index (χ3v) is 4.58. The summed E-state index contributed by atoms with van der Waals surface area (Å²) in [5.41, 5.74) is 6.41. The van der Waals surface area contributed by atoms with Crippen molar-refractivity contribution in [3.8, 4) is 0 Å². The predicted octanol–water partition coefficient (Wildman–Crippen LogP) is 2.95. The molecule has 2 nitrogen and oxygen atoms in total. The minimum atomic E-state index is -0.0634. The molecule has 1 aliphatic carbocycles. The predicted molar refractivity (Wildman–Crippen MR) is 67.2 cm³/mol. The molecule has 0 amide bonds. The first kappa shape index (κ1) is 12.4. The van der Waals surface area contributed by atoms with Gasteiger partial charge in [0.15, 0.2) is 0 Å². The molecule has 2 heteroatoms. The first-order chi connectivity index (χ1) is 7.23. The van der Waals surface area contributed by atoms with E-state index in [-0.39, 0.29) is 11.2 Å². The minimum absolute atomic E-state index is 0.00490. The summed E-state index contributed by atoms with van der Waals surface area (Å²) in [7, 11) is 0. The van der Waals surface area contributed by atoms with Gasteiger partial charge in [0.25, 0.3) is 0 Å². The van der Waals surface area contributed by atoms with Crippen molar-refractivity contribution in [3.63, 3.8) is 0 Å². The molecule has 1 saturated heterocycles. The summed E-state index contributed by atoms with van der Waals surface area (Å²) in [6.07, 6.45) is 3.86. The monoisotopic (exact) mass is 225 g/mol. The Balaban J connectivity index is 2.07. The Hall–Kier alpha value is -0.0800. The van der Waals surface area contributed by atoms with E-state index in [1.54, 1.807) is 0 Å². The fourth-order valence-corrected chi connectivity index (χ4v) is 3.51. The Morgan fingerprint density at radius 3 is 2.12 bits per heavy atom. The SMILES string of the molecule is CC(C1CC1)C(N)C1CC(C)(C)OC1(C)C. The highest BCUT2D eigenvalue weighted by molar-refractivity contribution is 5.01. The average molecular weight is 225 g/mol. The largest absolute Gasteiger partial charge is 0.369 e. The average Bonchev–Trinajstić information content (AvgIpc) is 2.90. The van der Waals surface area contributed by atoms with Gasteiger partial charge in [-0.2, -0.15) is 0 Å². The zero-order valence-electron chi connectivity index (χ0n) is 11.4. The number of nitrogens with two attached hydrogens (primary N) is 1. The minimum Gasteiger partial charge on any atom is -0.369 e. The molecule has 1 saturated carbocycles. The molecule has 3 atom stereocenters. The van der Waals surface area contributed by atoms with Crippen LogP contribution in [0.5, 0.6) is 0 Å². The van der Waals surface area contributed by atoms with E-state index < -0.39 is 0 Å². The smallest absolute Gasteiger partial charge is 0.0677 e. The summed E-state index contributed by atoms with van der Waals surface area (Å²) in [6, 6.07) is 0.296. The van der Waals surface area contributed by atoms with E-state index >= 15 is 0 Å². The molecule has 2 N–H and O–H groups in total. The van der Waals surface area contributed by atoms with E-state index in [0.29, 0.717) is 17.9 Å². The maximum atomic E-state index is 6.48. The molecule has 0 spiro atoms. The van der Waals surface area contributed by atoms with Crippen molar-refractivity contribution in [2.45, 2.75) is 71.1 Å². The molecule has 0 radical (unpaired) electrons. The molecule has 94 valence electrons. The van der Waals surface area contributed by atoms with Crippen molar-refractivity contribution >= 4 is 0 Å². The second kappa shape index (κ2) is 3.71. The quantitative estimate of drug-likeness (QED) is 0.801. The topological polar surface area (TPSA) is 35.2 Å². The van der Waals surface area contributed by atoms with Crippen LogP contribution < -0.4 is 5.73 Å². The molecule has 3 unspecified atom stereocenters. The van der Waals surface area contributed by atoms with Crippen LogP contribution in [0.3, 0.4) is 0 Å². The van der Waals surface area contributed by atoms with Crippen molar-refractivity contribution in [2.24, 2.45) is 23.5 Å². The molecule has 0 aromatic rings. The van der Waals surface area contributed by atoms with Crippen LogP contribution in [0.2, 0.25) is 0 Å². The van der Waals surface area contributed by atoms with Gasteiger partial charge in [0.2, 0.25) is 0 Å². The van der Waals surface area contributed by atoms with E-state index in [1.807, 2.05) is 0 Å². The lowest BCUT2D eigenvalue weighted by Crippen LogP contribution is -2.45. The number of ether oxygens (including phenoxy) is 1. The van der Waals surface area contributed by atoms with Crippen LogP contribution >= 0.6 is 0 Å². The molecular formula is C14H27NO. The molecule has 2 fully saturated rings. The van der Waals surface area contributed by atoms with E-state index in [2.05, 4.69) is 34.6 Å². The maximum Gasteiger partial charge on any atom is 0.0677 e. The van der Waals surface area contributed by atoms with Crippen molar-refractivity contribution in [2.75, 3.05) is 0 Å². The van der Waals surface area contributed by atoms with Crippen molar-refractivity contribution in [1.29, 1.82) is 0 Å². The third kappa shape index (κ3) is 2.28. The molecule has 2 rings (SSSR count). The summed E-state index contributed by atoms with van der Waals surface area (Å²) in [5, 5.41) is 0. The van der Waals surface area contributed by atoms with Crippen LogP contribution in [-0.4, -0.2) is 17.2 Å². The summed E-state index contributed by atoms with van der Waals surface area (Å²) in [6.45, 7) is 11.1. The fraction of sp³-hybridized carbons (Fsp3) is 1.00. The van der Waals surface area contributed by atoms with Crippen LogP contribution in [-0.2, 0) is 4.74 Å². The maximum absolute atomic E-state index is 6.48. The summed E-state index contributed by atoms with van der Waals surface area (Å²) < 4.78 is 6.14. The lowest BCUT2D eigenvalue weighted by Gasteiger charge is -2.34. The van der Waals surface area contributed by atoms with Gasteiger partial charge in [-0.25, -0.2) is 0 Å². The van der Waals surface area contributed by atoms with Crippen LogP contribution in [0, 0.1) is 17.8 Å². The van der Waals surface area contributed by atoms with E-state index in [9.17, 15) is 0 Å². The zero-order chi connectivity index (χ0) is 12.1. The molecule has 1 aliphatic heterocycles. The van der Waals surface area contributed by atoms with Gasteiger partial charge in [-0.3, -0.25) is 0 Å². The molecule has 1 heterocycles. The van der Waals surface area contributed by atoms with E-state index in [0.717, 1.165) is 12.3 Å². The zero-order valence-corrected chi connectivity index (χ0v) is 11.4. The Bertz CT molecular complexity index is 268. The van der Waals surface area contributed by atoms with Crippen molar-refractivity contribution in [1.82, 2.24) is 0 Å². The van der Waals surface area contributed by atoms with Crippen LogP contribution in [0.15, 0.2) is 0 Å². The molecule has 0 aromatic heterocycles. The standard InChI is InChI=1S/C14H27NO/c1-9(10-6-7-10)12(15)11-8-13(2,3)16-14(11,4)5/h9-12H,6-8,15H2,1-5H3. The Labute approximate surface area is 99.9 Å². The fourth-order valence-electron chi connectivity index (χ4n) is 3.51. The van der Waals surface area contributed by atoms with Gasteiger partial charge in [-0.05, 0) is 58.8 Å². The summed E-state index contributed by atoms with van der Waals surface area (Å²) in [5.74, 6) is 2.04. The second-order valence-electron chi connectivity index (χ2n) is 7.05. The highest BCUT2D eigenvalue weighted by Gasteiger charge is 2.50. The molecule has 16 heavy (non-hydrogen) atoms. The van der Waals surface area contributed by atoms with Gasteiger partial charge in [0.05, 0.1) is 11.2 Å². The van der Waals surface area contributed by atoms with Gasteiger partial charge in [-0.1, -0.05) is 6.92 Å². The van der Waals surface area contributed by atoms with Gasteiger partial charge in [0, 0.05) is 12.0 Å². The van der Waals surface area contributed by atoms with Crippen LogP contribution in [0.25, 0.3) is 0 Å². The van der Waals surface area contributed by atoms with Gasteiger partial charge < -0.3 is 10.5 Å². The first-order valence-corrected chi connectivity index (χ1v) is 6.69. The Morgan fingerprint density at radius 1 is 1.19 bits per heavy atom. The van der Waals surface area contributed by atoms with E-state index in [1.165, 1.54) is 12.8 Å². The van der Waals surface area contributed by atoms with E-state index in [4.69, 9.17) is 10.5 Å². The molecule has 0 aromatic carbocycles. The molecular weight excluding hydrogens is 198 g/mol. The highest BCUT2D eigenvalue weighted by Crippen LogP contribution is 2.47. The lowest BCUT2D eigenvalue weighted by molar-refractivity contribution is -0.0782. The Morgan fingerprint density at radius 2 is 1.75 bits per heavy atom. The normalized spacial score (nSPS) is 36.0. The molecule has 2 aliphatic rings. The molecule has 0 bridgehead atoms. The first-order valence-electron chi connectivity index (χ1n) is 6.69. The second-order valence-corrected chi connectivity index (χ2v) is 7.05. The van der Waals surface area contributed by atoms with Crippen molar-refractivity contribution < 1.29 is 4.74 Å². The lowest BCUT2D eigenvalue weighted by atomic mass is 9.76. The third-order valence-electron chi connectivity index (χ3n) is 4.58. The van der Waals surface area contributed by atoms with Gasteiger partial charge >= 0.3 is 0 Å². The van der Waals surface area contributed by atoms with Gasteiger partial charge in [-0.15, -0.1) is 0 Å². The summed E-state index contributed by atoms with van der Waals surface area (Å²) >= 11 is 0. The number of rotatable bonds is 3. The summed E-state index contributed by atoms with van der Waals surface area (Å²) in [4.78, 5) is 0. The van der Waals surface area contributed by atoms with Crippen LogP contribution in [0.4, 0.5) is 0 Å². The Kier molecular flexibility index (Phi) is 2.87. The highest BCUT2D eigenvalue weighted by atomic mass is 16.5. The van der Waals surface area contributed by atoms with Gasteiger partial charge in [0.1, 0.15) is 0 Å². The number of hydrogen-bond acceptors (Lipinski definition) is 2.